The van der Waals surface area contributed by atoms with E-state index < -0.39 is 8.80 Å². The van der Waals surface area contributed by atoms with Crippen molar-refractivity contribution in [2.75, 3.05) is 21.3 Å². The average molecular weight is 234 g/mol. The van der Waals surface area contributed by atoms with Crippen LogP contribution in [-0.2, 0) is 18.0 Å². The Morgan fingerprint density at radius 3 is 2.00 bits per heavy atom. The fourth-order valence-corrected chi connectivity index (χ4v) is 3.49. The summed E-state index contributed by atoms with van der Waals surface area (Å²) < 4.78 is 21.2. The monoisotopic (exact) mass is 234 g/mol. The van der Waals surface area contributed by atoms with Crippen molar-refractivity contribution in [3.05, 3.63) is 0 Å². The minimum atomic E-state index is -2.34. The van der Waals surface area contributed by atoms with Gasteiger partial charge in [-0.2, -0.15) is 0 Å². The van der Waals surface area contributed by atoms with Crippen LogP contribution in [0.15, 0.2) is 0 Å². The van der Waals surface area contributed by atoms with Crippen molar-refractivity contribution in [3.63, 3.8) is 0 Å². The van der Waals surface area contributed by atoms with Gasteiger partial charge in [-0.3, -0.25) is 0 Å². The quantitative estimate of drug-likeness (QED) is 0.701. The zero-order chi connectivity index (χ0) is 11.1. The first-order chi connectivity index (χ1) is 7.26. The van der Waals surface area contributed by atoms with Gasteiger partial charge in [-0.05, 0) is 12.8 Å². The highest BCUT2D eigenvalue weighted by Crippen LogP contribution is 2.27. The van der Waals surface area contributed by atoms with E-state index in [0.29, 0.717) is 0 Å². The fourth-order valence-electron chi connectivity index (χ4n) is 1.35. The number of ether oxygens (including phenoxy) is 1. The second kappa shape index (κ2) is 6.60. The summed E-state index contributed by atoms with van der Waals surface area (Å²) >= 11 is 0. The SMILES string of the molecule is C1CC1.COC1CCC[Si](OC)(OC)O1. The normalized spacial score (nSPS) is 27.8. The topological polar surface area (TPSA) is 36.9 Å². The molecule has 2 aliphatic rings. The summed E-state index contributed by atoms with van der Waals surface area (Å²) in [4.78, 5) is 0. The molecule has 1 saturated carbocycles. The predicted octanol–water partition coefficient (Wildman–Crippen LogP) is 2.17. The minimum absolute atomic E-state index is 0.148. The van der Waals surface area contributed by atoms with Crippen molar-refractivity contribution in [1.29, 1.82) is 0 Å². The lowest BCUT2D eigenvalue weighted by atomic mass is 10.3. The zero-order valence-electron chi connectivity index (χ0n) is 9.95. The van der Waals surface area contributed by atoms with Gasteiger partial charge in [-0.15, -0.1) is 0 Å². The number of hydrogen-bond acceptors (Lipinski definition) is 4. The Morgan fingerprint density at radius 2 is 1.60 bits per heavy atom. The molecule has 4 nitrogen and oxygen atoms in total. The van der Waals surface area contributed by atoms with E-state index in [0.717, 1.165) is 18.9 Å². The largest absolute Gasteiger partial charge is 0.502 e. The molecule has 1 heterocycles. The molecule has 2 rings (SSSR count). The molecule has 1 aliphatic carbocycles. The maximum Gasteiger partial charge on any atom is 0.502 e. The predicted molar refractivity (Wildman–Crippen MR) is 59.5 cm³/mol. The Balaban J connectivity index is 0.000000319. The van der Waals surface area contributed by atoms with Gasteiger partial charge < -0.3 is 18.0 Å². The van der Waals surface area contributed by atoms with E-state index in [1.807, 2.05) is 0 Å². The number of hydrogen-bond donors (Lipinski definition) is 0. The molecule has 5 heteroatoms. The van der Waals surface area contributed by atoms with Crippen LogP contribution in [0.25, 0.3) is 0 Å². The summed E-state index contributed by atoms with van der Waals surface area (Å²) in [6.07, 6.45) is 6.33. The van der Waals surface area contributed by atoms with Gasteiger partial charge in [-0.25, -0.2) is 0 Å². The lowest BCUT2D eigenvalue weighted by Gasteiger charge is -2.34. The third-order valence-corrected chi connectivity index (χ3v) is 5.30. The molecular weight excluding hydrogens is 212 g/mol. The molecule has 15 heavy (non-hydrogen) atoms. The van der Waals surface area contributed by atoms with Crippen LogP contribution in [0.1, 0.15) is 32.1 Å². The molecule has 1 saturated heterocycles. The second-order valence-electron chi connectivity index (χ2n) is 3.83. The lowest BCUT2D eigenvalue weighted by Crippen LogP contribution is -2.49. The van der Waals surface area contributed by atoms with Gasteiger partial charge in [0.15, 0.2) is 6.29 Å². The van der Waals surface area contributed by atoms with E-state index in [9.17, 15) is 0 Å². The van der Waals surface area contributed by atoms with Gasteiger partial charge in [0.1, 0.15) is 0 Å². The summed E-state index contributed by atoms with van der Waals surface area (Å²) in [6.45, 7) is 0. The lowest BCUT2D eigenvalue weighted by molar-refractivity contribution is -0.110. The van der Waals surface area contributed by atoms with E-state index in [1.54, 1.807) is 21.3 Å². The van der Waals surface area contributed by atoms with Crippen LogP contribution >= 0.6 is 0 Å². The van der Waals surface area contributed by atoms with E-state index in [2.05, 4.69) is 0 Å². The van der Waals surface area contributed by atoms with Crippen molar-refractivity contribution in [3.8, 4) is 0 Å². The number of methoxy groups -OCH3 is 1. The summed E-state index contributed by atoms with van der Waals surface area (Å²) in [6, 6.07) is 0.889. The number of rotatable bonds is 3. The summed E-state index contributed by atoms with van der Waals surface area (Å²) in [5.74, 6) is 0. The van der Waals surface area contributed by atoms with E-state index in [1.165, 1.54) is 19.3 Å². The Morgan fingerprint density at radius 1 is 1.00 bits per heavy atom. The van der Waals surface area contributed by atoms with Crippen LogP contribution in [0.2, 0.25) is 6.04 Å². The van der Waals surface area contributed by atoms with Crippen LogP contribution in [0.4, 0.5) is 0 Å². The van der Waals surface area contributed by atoms with Crippen molar-refractivity contribution >= 4 is 8.80 Å². The molecule has 0 N–H and O–H groups in total. The molecule has 0 bridgehead atoms. The third kappa shape index (κ3) is 4.61. The van der Waals surface area contributed by atoms with Crippen LogP contribution in [0.5, 0.6) is 0 Å². The minimum Gasteiger partial charge on any atom is -0.377 e. The fraction of sp³-hybridized carbons (Fsp3) is 1.00. The Hall–Kier alpha value is 0.0569. The van der Waals surface area contributed by atoms with Crippen molar-refractivity contribution in [2.45, 2.75) is 44.4 Å². The summed E-state index contributed by atoms with van der Waals surface area (Å²) in [7, 11) is 2.57. The molecular formula is C10H22O4Si. The van der Waals surface area contributed by atoms with Gasteiger partial charge in [0.25, 0.3) is 0 Å². The molecule has 2 fully saturated rings. The van der Waals surface area contributed by atoms with Gasteiger partial charge in [0.2, 0.25) is 0 Å². The van der Waals surface area contributed by atoms with E-state index in [4.69, 9.17) is 18.0 Å². The third-order valence-electron chi connectivity index (χ3n) is 2.47. The van der Waals surface area contributed by atoms with Crippen LogP contribution in [0, 0.1) is 0 Å². The summed E-state index contributed by atoms with van der Waals surface area (Å²) in [5.41, 5.74) is 0. The molecule has 0 aromatic heterocycles. The molecule has 1 aliphatic heterocycles. The smallest absolute Gasteiger partial charge is 0.377 e. The van der Waals surface area contributed by atoms with Crippen LogP contribution in [-0.4, -0.2) is 36.4 Å². The molecule has 1 unspecified atom stereocenters. The second-order valence-corrected chi connectivity index (χ2v) is 6.75. The van der Waals surface area contributed by atoms with Crippen molar-refractivity contribution in [1.82, 2.24) is 0 Å². The summed E-state index contributed by atoms with van der Waals surface area (Å²) in [5, 5.41) is 0. The highest BCUT2D eigenvalue weighted by atomic mass is 28.4. The standard InChI is InChI=1S/C7H16O4Si.C3H6/c1-8-7-5-4-6-12(9-2,10-3)11-7;1-2-3-1/h7H,4-6H2,1-3H3;1-3H2. The van der Waals surface area contributed by atoms with Crippen molar-refractivity contribution in [2.24, 2.45) is 0 Å². The van der Waals surface area contributed by atoms with Crippen molar-refractivity contribution < 1.29 is 18.0 Å². The van der Waals surface area contributed by atoms with Gasteiger partial charge in [-0.1, -0.05) is 19.3 Å². The first-order valence-corrected chi connectivity index (χ1v) is 7.50. The molecule has 0 spiro atoms. The highest BCUT2D eigenvalue weighted by molar-refractivity contribution is 6.60. The molecule has 0 aromatic rings. The van der Waals surface area contributed by atoms with E-state index >= 15 is 0 Å². The van der Waals surface area contributed by atoms with Crippen LogP contribution < -0.4 is 0 Å². The maximum atomic E-state index is 5.59. The molecule has 0 amide bonds. The Kier molecular flexibility index (Phi) is 5.77. The van der Waals surface area contributed by atoms with Crippen LogP contribution in [0.3, 0.4) is 0 Å². The zero-order valence-corrected chi connectivity index (χ0v) is 11.0. The highest BCUT2D eigenvalue weighted by Gasteiger charge is 2.44. The average Bonchev–Trinajstić information content (AvgIpc) is 3.16. The first kappa shape index (κ1) is 13.1. The molecule has 0 aromatic carbocycles. The first-order valence-electron chi connectivity index (χ1n) is 5.57. The van der Waals surface area contributed by atoms with E-state index in [-0.39, 0.29) is 6.29 Å². The molecule has 1 atom stereocenters. The molecule has 0 radical (unpaired) electrons. The maximum absolute atomic E-state index is 5.59. The van der Waals surface area contributed by atoms with Gasteiger partial charge >= 0.3 is 8.80 Å². The van der Waals surface area contributed by atoms with Gasteiger partial charge in [0.05, 0.1) is 0 Å². The molecule has 90 valence electrons. The van der Waals surface area contributed by atoms with Gasteiger partial charge in [0, 0.05) is 27.4 Å². The Labute approximate surface area is 93.2 Å². The Bertz CT molecular complexity index is 168.